The van der Waals surface area contributed by atoms with E-state index >= 15 is 0 Å². The summed E-state index contributed by atoms with van der Waals surface area (Å²) in [6.45, 7) is 11.8. The number of nitrogens with zero attached hydrogens (tertiary/aromatic N) is 2. The van der Waals surface area contributed by atoms with E-state index in [9.17, 15) is 4.79 Å². The van der Waals surface area contributed by atoms with Gasteiger partial charge in [-0.05, 0) is 41.7 Å². The first-order valence-electron chi connectivity index (χ1n) is 9.31. The molecule has 1 aliphatic rings. The predicted molar refractivity (Wildman–Crippen MR) is 109 cm³/mol. The number of anilines is 2. The molecule has 0 saturated carbocycles. The van der Waals surface area contributed by atoms with Gasteiger partial charge in [0.25, 0.3) is 0 Å². The average Bonchev–Trinajstić information content (AvgIpc) is 2.61. The summed E-state index contributed by atoms with van der Waals surface area (Å²) < 4.78 is 0. The summed E-state index contributed by atoms with van der Waals surface area (Å²) in [6, 6.07) is 16.6. The van der Waals surface area contributed by atoms with Crippen LogP contribution in [0.15, 0.2) is 48.5 Å². The quantitative estimate of drug-likeness (QED) is 0.855. The Morgan fingerprint density at radius 2 is 1.65 bits per heavy atom. The van der Waals surface area contributed by atoms with Gasteiger partial charge in [0.15, 0.2) is 0 Å². The Hall–Kier alpha value is -2.49. The number of urea groups is 1. The summed E-state index contributed by atoms with van der Waals surface area (Å²) in [5, 5.41) is 3.12. The van der Waals surface area contributed by atoms with Gasteiger partial charge >= 0.3 is 6.03 Å². The maximum absolute atomic E-state index is 12.7. The zero-order chi connectivity index (χ0) is 18.7. The van der Waals surface area contributed by atoms with Crippen molar-refractivity contribution < 1.29 is 4.79 Å². The molecule has 0 aromatic heterocycles. The van der Waals surface area contributed by atoms with Gasteiger partial charge in [-0.15, -0.1) is 0 Å². The molecular formula is C22H29N3O. The van der Waals surface area contributed by atoms with Crippen molar-refractivity contribution in [3.63, 3.8) is 0 Å². The zero-order valence-electron chi connectivity index (χ0n) is 16.2. The van der Waals surface area contributed by atoms with Gasteiger partial charge in [0.05, 0.1) is 0 Å². The van der Waals surface area contributed by atoms with Crippen molar-refractivity contribution in [2.24, 2.45) is 0 Å². The summed E-state index contributed by atoms with van der Waals surface area (Å²) in [6.07, 6.45) is 0. The Morgan fingerprint density at radius 1 is 0.962 bits per heavy atom. The van der Waals surface area contributed by atoms with Gasteiger partial charge in [0, 0.05) is 37.6 Å². The highest BCUT2D eigenvalue weighted by atomic mass is 16.2. The fourth-order valence-corrected chi connectivity index (χ4v) is 3.43. The van der Waals surface area contributed by atoms with E-state index in [1.54, 1.807) is 0 Å². The molecule has 4 heteroatoms. The Balaban J connectivity index is 1.63. The highest BCUT2D eigenvalue weighted by molar-refractivity contribution is 5.90. The molecule has 138 valence electrons. The molecule has 0 spiro atoms. The number of carbonyl (C=O) groups excluding carboxylic acids is 1. The molecule has 2 amide bonds. The Labute approximate surface area is 156 Å². The van der Waals surface area contributed by atoms with E-state index in [-0.39, 0.29) is 11.4 Å². The number of rotatable bonds is 2. The van der Waals surface area contributed by atoms with Crippen LogP contribution in [-0.2, 0) is 5.41 Å². The third-order valence-electron chi connectivity index (χ3n) is 4.91. The minimum Gasteiger partial charge on any atom is -0.368 e. The van der Waals surface area contributed by atoms with Crippen molar-refractivity contribution in [3.05, 3.63) is 59.7 Å². The lowest BCUT2D eigenvalue weighted by Gasteiger charge is -2.36. The molecule has 1 heterocycles. The van der Waals surface area contributed by atoms with E-state index < -0.39 is 0 Å². The van der Waals surface area contributed by atoms with Crippen LogP contribution in [0.5, 0.6) is 0 Å². The largest absolute Gasteiger partial charge is 0.368 e. The summed E-state index contributed by atoms with van der Waals surface area (Å²) in [4.78, 5) is 17.0. The maximum atomic E-state index is 12.7. The predicted octanol–water partition coefficient (Wildman–Crippen LogP) is 4.65. The zero-order valence-corrected chi connectivity index (χ0v) is 16.2. The number of amides is 2. The molecule has 2 aromatic rings. The van der Waals surface area contributed by atoms with E-state index in [1.165, 1.54) is 11.3 Å². The first kappa shape index (κ1) is 18.3. The number of hydrogen-bond acceptors (Lipinski definition) is 2. The third-order valence-corrected chi connectivity index (χ3v) is 4.91. The Kier molecular flexibility index (Phi) is 5.21. The number of hydrogen-bond donors (Lipinski definition) is 1. The van der Waals surface area contributed by atoms with Gasteiger partial charge in [-0.25, -0.2) is 4.79 Å². The summed E-state index contributed by atoms with van der Waals surface area (Å²) in [5.74, 6) is 0. The second-order valence-corrected chi connectivity index (χ2v) is 8.04. The monoisotopic (exact) mass is 351 g/mol. The maximum Gasteiger partial charge on any atom is 0.321 e. The van der Waals surface area contributed by atoms with E-state index in [2.05, 4.69) is 68.2 Å². The van der Waals surface area contributed by atoms with Crippen LogP contribution >= 0.6 is 0 Å². The minimum absolute atomic E-state index is 0.00621. The second-order valence-electron chi connectivity index (χ2n) is 8.04. The highest BCUT2D eigenvalue weighted by Gasteiger charge is 2.23. The number of nitrogens with one attached hydrogen (secondary N) is 1. The van der Waals surface area contributed by atoms with Gasteiger partial charge in [0.1, 0.15) is 0 Å². The SMILES string of the molecule is Cc1cccc(N2CCN(C(=O)Nc3ccccc3C(C)(C)C)CC2)c1. The molecule has 0 atom stereocenters. The normalized spacial score (nSPS) is 15.1. The van der Waals surface area contributed by atoms with Crippen LogP contribution in [-0.4, -0.2) is 37.1 Å². The Morgan fingerprint density at radius 3 is 2.31 bits per heavy atom. The molecule has 0 radical (unpaired) electrons. The fraction of sp³-hybridized carbons (Fsp3) is 0.409. The molecule has 4 nitrogen and oxygen atoms in total. The molecule has 0 aliphatic carbocycles. The first-order chi connectivity index (χ1) is 12.3. The molecule has 1 aliphatic heterocycles. The first-order valence-corrected chi connectivity index (χ1v) is 9.31. The van der Waals surface area contributed by atoms with Crippen LogP contribution in [0.2, 0.25) is 0 Å². The van der Waals surface area contributed by atoms with Crippen LogP contribution in [0.1, 0.15) is 31.9 Å². The molecule has 2 aromatic carbocycles. The average molecular weight is 351 g/mol. The Bertz CT molecular complexity index is 771. The van der Waals surface area contributed by atoms with Crippen LogP contribution < -0.4 is 10.2 Å². The van der Waals surface area contributed by atoms with Gasteiger partial charge in [-0.2, -0.15) is 0 Å². The van der Waals surface area contributed by atoms with Crippen molar-refractivity contribution in [1.29, 1.82) is 0 Å². The van der Waals surface area contributed by atoms with Gasteiger partial charge < -0.3 is 15.1 Å². The van der Waals surface area contributed by atoms with E-state index in [0.29, 0.717) is 0 Å². The third kappa shape index (κ3) is 4.18. The molecule has 3 rings (SSSR count). The summed E-state index contributed by atoms with van der Waals surface area (Å²) >= 11 is 0. The molecular weight excluding hydrogens is 322 g/mol. The molecule has 1 fully saturated rings. The van der Waals surface area contributed by atoms with Crippen molar-refractivity contribution >= 4 is 17.4 Å². The standard InChI is InChI=1S/C22H29N3O/c1-17-8-7-9-18(16-17)24-12-14-25(15-13-24)21(26)23-20-11-6-5-10-19(20)22(2,3)4/h5-11,16H,12-15H2,1-4H3,(H,23,26). The number of aryl methyl sites for hydroxylation is 1. The fourth-order valence-electron chi connectivity index (χ4n) is 3.43. The van der Waals surface area contributed by atoms with Crippen molar-refractivity contribution in [2.75, 3.05) is 36.4 Å². The topological polar surface area (TPSA) is 35.6 Å². The molecule has 0 unspecified atom stereocenters. The van der Waals surface area contributed by atoms with Crippen LogP contribution in [0.3, 0.4) is 0 Å². The highest BCUT2D eigenvalue weighted by Crippen LogP contribution is 2.29. The van der Waals surface area contributed by atoms with Crippen molar-refractivity contribution in [2.45, 2.75) is 33.1 Å². The molecule has 0 bridgehead atoms. The number of carbonyl (C=O) groups is 1. The molecule has 1 saturated heterocycles. The van der Waals surface area contributed by atoms with Crippen molar-refractivity contribution in [1.82, 2.24) is 4.90 Å². The van der Waals surface area contributed by atoms with E-state index in [1.807, 2.05) is 23.1 Å². The van der Waals surface area contributed by atoms with Crippen LogP contribution in [0.25, 0.3) is 0 Å². The molecule has 26 heavy (non-hydrogen) atoms. The lowest BCUT2D eigenvalue weighted by Crippen LogP contribution is -2.50. The van der Waals surface area contributed by atoms with Crippen LogP contribution in [0.4, 0.5) is 16.2 Å². The van der Waals surface area contributed by atoms with Gasteiger partial charge in [-0.1, -0.05) is 51.1 Å². The van der Waals surface area contributed by atoms with E-state index in [4.69, 9.17) is 0 Å². The molecule has 1 N–H and O–H groups in total. The number of para-hydroxylation sites is 1. The summed E-state index contributed by atoms with van der Waals surface area (Å²) in [5.41, 5.74) is 4.57. The lowest BCUT2D eigenvalue weighted by molar-refractivity contribution is 0.208. The smallest absolute Gasteiger partial charge is 0.321 e. The van der Waals surface area contributed by atoms with Crippen molar-refractivity contribution in [3.8, 4) is 0 Å². The van der Waals surface area contributed by atoms with Crippen LogP contribution in [0, 0.1) is 6.92 Å². The number of benzene rings is 2. The van der Waals surface area contributed by atoms with E-state index in [0.717, 1.165) is 37.4 Å². The summed E-state index contributed by atoms with van der Waals surface area (Å²) in [7, 11) is 0. The minimum atomic E-state index is -0.00871. The number of piperazine rings is 1. The van der Waals surface area contributed by atoms with Gasteiger partial charge in [-0.3, -0.25) is 0 Å². The van der Waals surface area contributed by atoms with Gasteiger partial charge in [0.2, 0.25) is 0 Å². The lowest BCUT2D eigenvalue weighted by atomic mass is 9.86. The second kappa shape index (κ2) is 7.40.